The number of ether oxygens (including phenoxy) is 2. The van der Waals surface area contributed by atoms with Crippen LogP contribution in [0.25, 0.3) is 0 Å². The van der Waals surface area contributed by atoms with E-state index in [1.54, 1.807) is 0 Å². The monoisotopic (exact) mass is 384 g/mol. The predicted molar refractivity (Wildman–Crippen MR) is 112 cm³/mol. The molecule has 0 aliphatic carbocycles. The molecule has 0 rings (SSSR count). The molecule has 4 nitrogen and oxygen atoms in total. The van der Waals surface area contributed by atoms with E-state index in [0.717, 1.165) is 51.4 Å². The fourth-order valence-electron chi connectivity index (χ4n) is 3.35. The standard InChI is InChI=1S/C23H44O4/c1-3-5-7-9-10-14-18-22(17-13-8-6-4-2)23(25)27-20-16-12-11-15-19-26-21-24/h21-22H,3-20H2,1-2H3. The van der Waals surface area contributed by atoms with Crippen molar-refractivity contribution in [3.05, 3.63) is 0 Å². The SMILES string of the molecule is CCCCCCCCC(CCCCCC)C(=O)OCCCCCCOC=O. The third kappa shape index (κ3) is 18.1. The van der Waals surface area contributed by atoms with Gasteiger partial charge in [-0.15, -0.1) is 0 Å². The van der Waals surface area contributed by atoms with Gasteiger partial charge in [0.2, 0.25) is 0 Å². The van der Waals surface area contributed by atoms with Crippen LogP contribution in [0.1, 0.15) is 117 Å². The first-order valence-corrected chi connectivity index (χ1v) is 11.5. The molecule has 0 heterocycles. The summed E-state index contributed by atoms with van der Waals surface area (Å²) in [6.07, 6.45) is 18.2. The van der Waals surface area contributed by atoms with Crippen molar-refractivity contribution in [1.82, 2.24) is 0 Å². The third-order valence-electron chi connectivity index (χ3n) is 5.11. The van der Waals surface area contributed by atoms with Crippen LogP contribution in [0.4, 0.5) is 0 Å². The van der Waals surface area contributed by atoms with Gasteiger partial charge in [-0.3, -0.25) is 9.59 Å². The van der Waals surface area contributed by atoms with Crippen molar-refractivity contribution < 1.29 is 19.1 Å². The van der Waals surface area contributed by atoms with Crippen LogP contribution in [0.3, 0.4) is 0 Å². The summed E-state index contributed by atoms with van der Waals surface area (Å²) in [5.41, 5.74) is 0. The zero-order valence-corrected chi connectivity index (χ0v) is 18.0. The second kappa shape index (κ2) is 21.2. The Kier molecular flexibility index (Phi) is 20.4. The number of hydrogen-bond donors (Lipinski definition) is 0. The van der Waals surface area contributed by atoms with E-state index in [0.29, 0.717) is 19.7 Å². The van der Waals surface area contributed by atoms with Gasteiger partial charge in [0.15, 0.2) is 0 Å². The molecular weight excluding hydrogens is 340 g/mol. The van der Waals surface area contributed by atoms with Crippen LogP contribution in [-0.2, 0) is 19.1 Å². The van der Waals surface area contributed by atoms with Crippen molar-refractivity contribution in [2.45, 2.75) is 117 Å². The normalized spacial score (nSPS) is 11.9. The Morgan fingerprint density at radius 1 is 0.704 bits per heavy atom. The summed E-state index contributed by atoms with van der Waals surface area (Å²) in [5, 5.41) is 0. The van der Waals surface area contributed by atoms with Crippen LogP contribution in [0.2, 0.25) is 0 Å². The summed E-state index contributed by atoms with van der Waals surface area (Å²) < 4.78 is 10.2. The molecule has 0 saturated heterocycles. The summed E-state index contributed by atoms with van der Waals surface area (Å²) >= 11 is 0. The molecular formula is C23H44O4. The van der Waals surface area contributed by atoms with E-state index in [-0.39, 0.29) is 11.9 Å². The largest absolute Gasteiger partial charge is 0.468 e. The molecule has 0 N–H and O–H groups in total. The highest BCUT2D eigenvalue weighted by Crippen LogP contribution is 2.20. The van der Waals surface area contributed by atoms with Gasteiger partial charge in [-0.05, 0) is 38.5 Å². The molecule has 1 atom stereocenters. The average molecular weight is 385 g/mol. The van der Waals surface area contributed by atoms with Crippen LogP contribution in [0.5, 0.6) is 0 Å². The molecule has 0 aromatic heterocycles. The number of carbonyl (C=O) groups is 2. The number of carbonyl (C=O) groups excluding carboxylic acids is 2. The lowest BCUT2D eigenvalue weighted by Crippen LogP contribution is -2.18. The maximum Gasteiger partial charge on any atom is 0.308 e. The van der Waals surface area contributed by atoms with E-state index < -0.39 is 0 Å². The fourth-order valence-corrected chi connectivity index (χ4v) is 3.35. The van der Waals surface area contributed by atoms with E-state index in [1.165, 1.54) is 51.4 Å². The second-order valence-electron chi connectivity index (χ2n) is 7.65. The Bertz CT molecular complexity index is 330. The van der Waals surface area contributed by atoms with Crippen molar-refractivity contribution in [3.63, 3.8) is 0 Å². The van der Waals surface area contributed by atoms with Crippen molar-refractivity contribution in [2.24, 2.45) is 5.92 Å². The smallest absolute Gasteiger partial charge is 0.308 e. The summed E-state index contributed by atoms with van der Waals surface area (Å²) in [5.74, 6) is 0.110. The molecule has 160 valence electrons. The molecule has 0 fully saturated rings. The predicted octanol–water partition coefficient (Wildman–Crippen LogP) is 6.60. The molecule has 27 heavy (non-hydrogen) atoms. The maximum atomic E-state index is 12.5. The van der Waals surface area contributed by atoms with E-state index in [4.69, 9.17) is 4.74 Å². The summed E-state index contributed by atoms with van der Waals surface area (Å²) in [6.45, 7) is 5.96. The molecule has 4 heteroatoms. The average Bonchev–Trinajstić information content (AvgIpc) is 2.68. The minimum atomic E-state index is 0.0179. The molecule has 0 aromatic carbocycles. The lowest BCUT2D eigenvalue weighted by molar-refractivity contribution is -0.149. The fraction of sp³-hybridized carbons (Fsp3) is 0.913. The van der Waals surface area contributed by atoms with Gasteiger partial charge >= 0.3 is 5.97 Å². The zero-order chi connectivity index (χ0) is 20.0. The van der Waals surface area contributed by atoms with Crippen LogP contribution in [-0.4, -0.2) is 25.7 Å². The number of hydrogen-bond acceptors (Lipinski definition) is 4. The molecule has 0 amide bonds. The summed E-state index contributed by atoms with van der Waals surface area (Å²) in [4.78, 5) is 22.5. The first-order valence-electron chi connectivity index (χ1n) is 11.5. The maximum absolute atomic E-state index is 12.5. The lowest BCUT2D eigenvalue weighted by atomic mass is 9.94. The van der Waals surface area contributed by atoms with E-state index in [2.05, 4.69) is 18.6 Å². The van der Waals surface area contributed by atoms with Crippen molar-refractivity contribution >= 4 is 12.4 Å². The van der Waals surface area contributed by atoms with Crippen LogP contribution < -0.4 is 0 Å². The second-order valence-corrected chi connectivity index (χ2v) is 7.65. The number of esters is 1. The molecule has 0 spiro atoms. The van der Waals surface area contributed by atoms with Crippen molar-refractivity contribution in [1.29, 1.82) is 0 Å². The van der Waals surface area contributed by atoms with Crippen LogP contribution in [0.15, 0.2) is 0 Å². The van der Waals surface area contributed by atoms with E-state index in [1.807, 2.05) is 0 Å². The Balaban J connectivity index is 3.94. The van der Waals surface area contributed by atoms with Gasteiger partial charge in [0.05, 0.1) is 19.1 Å². The quantitative estimate of drug-likeness (QED) is 0.127. The molecule has 0 radical (unpaired) electrons. The highest BCUT2D eigenvalue weighted by molar-refractivity contribution is 5.72. The molecule has 0 bridgehead atoms. The van der Waals surface area contributed by atoms with Gasteiger partial charge in [-0.2, -0.15) is 0 Å². The number of rotatable bonds is 21. The lowest BCUT2D eigenvalue weighted by Gasteiger charge is -2.16. The summed E-state index contributed by atoms with van der Waals surface area (Å²) in [7, 11) is 0. The zero-order valence-electron chi connectivity index (χ0n) is 18.0. The Hall–Kier alpha value is -1.06. The Morgan fingerprint density at radius 2 is 1.19 bits per heavy atom. The van der Waals surface area contributed by atoms with Crippen molar-refractivity contribution in [2.75, 3.05) is 13.2 Å². The first-order chi connectivity index (χ1) is 13.3. The minimum Gasteiger partial charge on any atom is -0.468 e. The molecule has 0 aromatic rings. The van der Waals surface area contributed by atoms with E-state index in [9.17, 15) is 9.59 Å². The molecule has 0 saturated carbocycles. The highest BCUT2D eigenvalue weighted by Gasteiger charge is 2.19. The minimum absolute atomic E-state index is 0.0179. The van der Waals surface area contributed by atoms with Gasteiger partial charge in [0.25, 0.3) is 6.47 Å². The first kappa shape index (κ1) is 25.9. The van der Waals surface area contributed by atoms with Crippen molar-refractivity contribution in [3.8, 4) is 0 Å². The highest BCUT2D eigenvalue weighted by atomic mass is 16.5. The Labute approximate surface area is 167 Å². The van der Waals surface area contributed by atoms with Gasteiger partial charge in [0.1, 0.15) is 0 Å². The molecule has 0 aliphatic rings. The third-order valence-corrected chi connectivity index (χ3v) is 5.11. The summed E-state index contributed by atoms with van der Waals surface area (Å²) in [6, 6.07) is 0. The topological polar surface area (TPSA) is 52.6 Å². The van der Waals surface area contributed by atoms with Gasteiger partial charge in [-0.25, -0.2) is 0 Å². The van der Waals surface area contributed by atoms with E-state index >= 15 is 0 Å². The molecule has 0 aliphatic heterocycles. The number of unbranched alkanes of at least 4 members (excludes halogenated alkanes) is 11. The molecule has 1 unspecified atom stereocenters. The van der Waals surface area contributed by atoms with Gasteiger partial charge in [0, 0.05) is 0 Å². The van der Waals surface area contributed by atoms with Gasteiger partial charge in [-0.1, -0.05) is 78.1 Å². The van der Waals surface area contributed by atoms with Crippen LogP contribution in [0, 0.1) is 5.92 Å². The Morgan fingerprint density at radius 3 is 1.78 bits per heavy atom. The van der Waals surface area contributed by atoms with Gasteiger partial charge < -0.3 is 9.47 Å². The van der Waals surface area contributed by atoms with Crippen LogP contribution >= 0.6 is 0 Å².